The van der Waals surface area contributed by atoms with Gasteiger partial charge in [0, 0.05) is 12.8 Å². The van der Waals surface area contributed by atoms with E-state index in [1.165, 1.54) is 6.42 Å². The smallest absolute Gasteiger partial charge is 0.226 e. The van der Waals surface area contributed by atoms with E-state index in [0.29, 0.717) is 29.7 Å². The monoisotopic (exact) mass is 303 g/mol. The summed E-state index contributed by atoms with van der Waals surface area (Å²) in [6, 6.07) is 5.81. The van der Waals surface area contributed by atoms with Gasteiger partial charge < -0.3 is 19.3 Å². The van der Waals surface area contributed by atoms with Crippen LogP contribution in [0, 0.1) is 5.92 Å². The lowest BCUT2D eigenvalue weighted by Crippen LogP contribution is -2.10. The number of hydrogen-bond donors (Lipinski definition) is 1. The van der Waals surface area contributed by atoms with Crippen molar-refractivity contribution in [3.8, 4) is 11.5 Å². The summed E-state index contributed by atoms with van der Waals surface area (Å²) in [5.41, 5.74) is 1.06. The van der Waals surface area contributed by atoms with Gasteiger partial charge in [-0.2, -0.15) is 4.98 Å². The second kappa shape index (κ2) is 6.79. The molecule has 0 bridgehead atoms. The van der Waals surface area contributed by atoms with Gasteiger partial charge in [0.1, 0.15) is 0 Å². The normalized spacial score (nSPS) is 17.6. The number of nitrogens with one attached hydrogen (secondary N) is 1. The van der Waals surface area contributed by atoms with Crippen molar-refractivity contribution in [2.45, 2.75) is 19.3 Å². The predicted molar refractivity (Wildman–Crippen MR) is 81.3 cm³/mol. The van der Waals surface area contributed by atoms with E-state index in [4.69, 9.17) is 14.0 Å². The molecule has 2 aromatic rings. The molecule has 1 atom stereocenters. The fraction of sp³-hybridized carbons (Fsp3) is 0.500. The molecule has 1 aliphatic rings. The molecule has 6 nitrogen and oxygen atoms in total. The molecule has 22 heavy (non-hydrogen) atoms. The minimum Gasteiger partial charge on any atom is -0.493 e. The maximum atomic E-state index is 5.36. The highest BCUT2D eigenvalue weighted by atomic mass is 16.5. The van der Waals surface area contributed by atoms with Crippen LogP contribution < -0.4 is 14.8 Å². The van der Waals surface area contributed by atoms with Crippen LogP contribution in [0.3, 0.4) is 0 Å². The number of methoxy groups -OCH3 is 2. The van der Waals surface area contributed by atoms with E-state index in [-0.39, 0.29) is 0 Å². The molecule has 0 aliphatic carbocycles. The highest BCUT2D eigenvalue weighted by Gasteiger charge is 2.18. The molecule has 1 aliphatic heterocycles. The third kappa shape index (κ3) is 3.39. The van der Waals surface area contributed by atoms with Gasteiger partial charge in [0.05, 0.1) is 14.2 Å². The molecule has 1 aromatic heterocycles. The Kier molecular flexibility index (Phi) is 4.58. The summed E-state index contributed by atoms with van der Waals surface area (Å²) in [4.78, 5) is 4.49. The molecule has 1 unspecified atom stereocenters. The lowest BCUT2D eigenvalue weighted by Gasteiger charge is -2.08. The Balaban J connectivity index is 1.66. The molecule has 0 amide bonds. The summed E-state index contributed by atoms with van der Waals surface area (Å²) in [7, 11) is 3.25. The minimum absolute atomic E-state index is 0.606. The van der Waals surface area contributed by atoms with Gasteiger partial charge in [0.2, 0.25) is 5.89 Å². The minimum atomic E-state index is 0.606. The molecule has 0 saturated carbocycles. The van der Waals surface area contributed by atoms with Crippen LogP contribution in [0.5, 0.6) is 11.5 Å². The van der Waals surface area contributed by atoms with Crippen LogP contribution in [0.1, 0.15) is 23.7 Å². The van der Waals surface area contributed by atoms with Crippen LogP contribution in [0.15, 0.2) is 22.7 Å². The van der Waals surface area contributed by atoms with E-state index in [2.05, 4.69) is 15.5 Å². The molecule has 0 spiro atoms. The molecular weight excluding hydrogens is 282 g/mol. The van der Waals surface area contributed by atoms with Gasteiger partial charge in [-0.25, -0.2) is 0 Å². The first-order valence-corrected chi connectivity index (χ1v) is 7.51. The van der Waals surface area contributed by atoms with Crippen molar-refractivity contribution in [3.05, 3.63) is 35.5 Å². The number of benzene rings is 1. The van der Waals surface area contributed by atoms with Crippen molar-refractivity contribution in [1.29, 1.82) is 0 Å². The van der Waals surface area contributed by atoms with E-state index in [1.54, 1.807) is 14.2 Å². The highest BCUT2D eigenvalue weighted by Crippen LogP contribution is 2.28. The van der Waals surface area contributed by atoms with Crippen LogP contribution in [0.4, 0.5) is 0 Å². The van der Waals surface area contributed by atoms with Crippen molar-refractivity contribution < 1.29 is 14.0 Å². The summed E-state index contributed by atoms with van der Waals surface area (Å²) in [5, 5.41) is 7.42. The lowest BCUT2D eigenvalue weighted by atomic mass is 10.1. The zero-order chi connectivity index (χ0) is 15.4. The molecule has 1 aromatic carbocycles. The zero-order valence-corrected chi connectivity index (χ0v) is 13.0. The fourth-order valence-electron chi connectivity index (χ4n) is 2.75. The SMILES string of the molecule is COc1ccc(Cc2noc(CC3CCNC3)n2)cc1OC. The first kappa shape index (κ1) is 14.8. The Morgan fingerprint density at radius 1 is 1.27 bits per heavy atom. The lowest BCUT2D eigenvalue weighted by molar-refractivity contribution is 0.353. The Morgan fingerprint density at radius 2 is 2.14 bits per heavy atom. The van der Waals surface area contributed by atoms with Gasteiger partial charge in [-0.05, 0) is 43.1 Å². The van der Waals surface area contributed by atoms with Crippen molar-refractivity contribution >= 4 is 0 Å². The highest BCUT2D eigenvalue weighted by molar-refractivity contribution is 5.43. The maximum absolute atomic E-state index is 5.36. The van der Waals surface area contributed by atoms with Crippen molar-refractivity contribution in [2.75, 3.05) is 27.3 Å². The Morgan fingerprint density at radius 3 is 2.86 bits per heavy atom. The van der Waals surface area contributed by atoms with E-state index >= 15 is 0 Å². The number of ether oxygens (including phenoxy) is 2. The summed E-state index contributed by atoms with van der Waals surface area (Å²) in [5.74, 6) is 3.46. The average molecular weight is 303 g/mol. The van der Waals surface area contributed by atoms with Crippen LogP contribution >= 0.6 is 0 Å². The van der Waals surface area contributed by atoms with E-state index in [0.717, 1.165) is 31.0 Å². The van der Waals surface area contributed by atoms with Crippen molar-refractivity contribution in [2.24, 2.45) is 5.92 Å². The Bertz CT molecular complexity index is 621. The number of nitrogens with zero attached hydrogens (tertiary/aromatic N) is 2. The van der Waals surface area contributed by atoms with E-state index < -0.39 is 0 Å². The molecule has 1 N–H and O–H groups in total. The van der Waals surface area contributed by atoms with Crippen molar-refractivity contribution in [3.63, 3.8) is 0 Å². The van der Waals surface area contributed by atoms with E-state index in [9.17, 15) is 0 Å². The van der Waals surface area contributed by atoms with Crippen LogP contribution in [-0.2, 0) is 12.8 Å². The van der Waals surface area contributed by atoms with Gasteiger partial charge in [0.25, 0.3) is 0 Å². The molecule has 1 saturated heterocycles. The van der Waals surface area contributed by atoms with Gasteiger partial charge in [-0.15, -0.1) is 0 Å². The number of rotatable bonds is 6. The van der Waals surface area contributed by atoms with Gasteiger partial charge in [-0.3, -0.25) is 0 Å². The third-order valence-electron chi connectivity index (χ3n) is 3.95. The molecule has 0 radical (unpaired) electrons. The summed E-state index contributed by atoms with van der Waals surface area (Å²) >= 11 is 0. The largest absolute Gasteiger partial charge is 0.493 e. The second-order valence-corrected chi connectivity index (χ2v) is 5.53. The predicted octanol–water partition coefficient (Wildman–Crippen LogP) is 1.83. The van der Waals surface area contributed by atoms with E-state index in [1.807, 2.05) is 18.2 Å². The third-order valence-corrected chi connectivity index (χ3v) is 3.95. The van der Waals surface area contributed by atoms with Gasteiger partial charge in [-0.1, -0.05) is 11.2 Å². The Labute approximate surface area is 129 Å². The molecule has 3 rings (SSSR count). The zero-order valence-electron chi connectivity index (χ0n) is 13.0. The first-order valence-electron chi connectivity index (χ1n) is 7.51. The second-order valence-electron chi connectivity index (χ2n) is 5.53. The van der Waals surface area contributed by atoms with Crippen LogP contribution in [0.2, 0.25) is 0 Å². The van der Waals surface area contributed by atoms with Gasteiger partial charge in [0.15, 0.2) is 17.3 Å². The topological polar surface area (TPSA) is 69.4 Å². The van der Waals surface area contributed by atoms with Crippen LogP contribution in [0.25, 0.3) is 0 Å². The quantitative estimate of drug-likeness (QED) is 0.878. The molecule has 118 valence electrons. The average Bonchev–Trinajstić information content (AvgIpc) is 3.20. The number of aromatic nitrogens is 2. The summed E-state index contributed by atoms with van der Waals surface area (Å²) in [6.45, 7) is 2.12. The molecule has 2 heterocycles. The molecular formula is C16H21N3O3. The fourth-order valence-corrected chi connectivity index (χ4v) is 2.75. The van der Waals surface area contributed by atoms with Crippen LogP contribution in [-0.4, -0.2) is 37.4 Å². The first-order chi connectivity index (χ1) is 10.8. The van der Waals surface area contributed by atoms with Crippen molar-refractivity contribution in [1.82, 2.24) is 15.5 Å². The summed E-state index contributed by atoms with van der Waals surface area (Å²) in [6.07, 6.45) is 2.64. The van der Waals surface area contributed by atoms with Gasteiger partial charge >= 0.3 is 0 Å². The molecule has 6 heteroatoms. The standard InChI is InChI=1S/C16H21N3O3/c1-20-13-4-3-11(7-14(13)21-2)8-15-18-16(22-19-15)9-12-5-6-17-10-12/h3-4,7,12,17H,5-6,8-10H2,1-2H3. The summed E-state index contributed by atoms with van der Waals surface area (Å²) < 4.78 is 15.9. The Hall–Kier alpha value is -2.08. The molecule has 1 fully saturated rings. The maximum Gasteiger partial charge on any atom is 0.226 e. The number of hydrogen-bond acceptors (Lipinski definition) is 6.